The van der Waals surface area contributed by atoms with E-state index in [2.05, 4.69) is 13.8 Å². The number of carbonyl (C=O) groups excluding carboxylic acids is 1. The molecule has 0 aromatic rings. The van der Waals surface area contributed by atoms with Crippen molar-refractivity contribution in [3.05, 3.63) is 0 Å². The van der Waals surface area contributed by atoms with Crippen LogP contribution in [0.5, 0.6) is 0 Å². The summed E-state index contributed by atoms with van der Waals surface area (Å²) >= 11 is 0. The second kappa shape index (κ2) is 6.15. The van der Waals surface area contributed by atoms with Crippen molar-refractivity contribution in [1.29, 1.82) is 0 Å². The van der Waals surface area contributed by atoms with Crippen LogP contribution in [0, 0.1) is 17.3 Å². The number of aliphatic carboxylic acids is 1. The van der Waals surface area contributed by atoms with Gasteiger partial charge in [0.1, 0.15) is 0 Å². The molecule has 1 saturated heterocycles. The van der Waals surface area contributed by atoms with E-state index in [0.717, 1.165) is 25.8 Å². The fraction of sp³-hybridized carbons (Fsp3) is 0.875. The summed E-state index contributed by atoms with van der Waals surface area (Å²) < 4.78 is 0. The van der Waals surface area contributed by atoms with Crippen LogP contribution < -0.4 is 0 Å². The number of hydrogen-bond acceptors (Lipinski definition) is 2. The minimum Gasteiger partial charge on any atom is -0.481 e. The van der Waals surface area contributed by atoms with Crippen molar-refractivity contribution in [3.8, 4) is 0 Å². The summed E-state index contributed by atoms with van der Waals surface area (Å²) in [5, 5.41) is 9.08. The van der Waals surface area contributed by atoms with E-state index >= 15 is 0 Å². The largest absolute Gasteiger partial charge is 0.481 e. The normalized spacial score (nSPS) is 27.3. The van der Waals surface area contributed by atoms with Gasteiger partial charge in [0.25, 0.3) is 0 Å². The number of likely N-dealkylation sites (tertiary alicyclic amines) is 1. The monoisotopic (exact) mass is 281 g/mol. The van der Waals surface area contributed by atoms with Gasteiger partial charge in [0.15, 0.2) is 0 Å². The number of rotatable bonds is 3. The lowest BCUT2D eigenvalue weighted by Gasteiger charge is -2.36. The molecule has 1 N–H and O–H groups in total. The molecule has 0 unspecified atom stereocenters. The molecule has 20 heavy (non-hydrogen) atoms. The van der Waals surface area contributed by atoms with Crippen LogP contribution in [0.4, 0.5) is 0 Å². The summed E-state index contributed by atoms with van der Waals surface area (Å²) in [5.41, 5.74) is 0.430. The highest BCUT2D eigenvalue weighted by atomic mass is 16.4. The molecular formula is C16H27NO3. The third-order valence-electron chi connectivity index (χ3n) is 5.05. The van der Waals surface area contributed by atoms with Crippen molar-refractivity contribution >= 4 is 11.9 Å². The number of carboxylic acids is 1. The zero-order chi connectivity index (χ0) is 14.8. The second-order valence-electron chi connectivity index (χ2n) is 7.33. The quantitative estimate of drug-likeness (QED) is 0.865. The van der Waals surface area contributed by atoms with Crippen molar-refractivity contribution < 1.29 is 14.7 Å². The van der Waals surface area contributed by atoms with E-state index in [1.165, 1.54) is 12.8 Å². The third-order valence-corrected chi connectivity index (χ3v) is 5.05. The highest BCUT2D eigenvalue weighted by Crippen LogP contribution is 2.39. The van der Waals surface area contributed by atoms with Crippen LogP contribution in [0.2, 0.25) is 0 Å². The van der Waals surface area contributed by atoms with Crippen molar-refractivity contribution in [1.82, 2.24) is 4.90 Å². The Hall–Kier alpha value is -1.06. The van der Waals surface area contributed by atoms with Crippen LogP contribution in [-0.4, -0.2) is 35.0 Å². The minimum atomic E-state index is -0.762. The number of piperidine rings is 1. The van der Waals surface area contributed by atoms with Gasteiger partial charge in [-0.1, -0.05) is 13.8 Å². The topological polar surface area (TPSA) is 57.6 Å². The van der Waals surface area contributed by atoms with Crippen LogP contribution in [0.25, 0.3) is 0 Å². The van der Waals surface area contributed by atoms with E-state index in [-0.39, 0.29) is 11.8 Å². The average Bonchev–Trinajstić information content (AvgIpc) is 2.41. The number of nitrogens with zero attached hydrogens (tertiary/aromatic N) is 1. The molecule has 1 heterocycles. The molecule has 0 radical (unpaired) electrons. The summed E-state index contributed by atoms with van der Waals surface area (Å²) in [7, 11) is 0. The average molecular weight is 281 g/mol. The van der Waals surface area contributed by atoms with E-state index in [9.17, 15) is 9.59 Å². The number of carboxylic acid groups (broad SMARTS) is 1. The molecule has 1 aliphatic heterocycles. The van der Waals surface area contributed by atoms with Crippen molar-refractivity contribution in [2.24, 2.45) is 17.3 Å². The summed E-state index contributed by atoms with van der Waals surface area (Å²) in [6.45, 7) is 5.74. The summed E-state index contributed by atoms with van der Waals surface area (Å²) in [4.78, 5) is 25.2. The Labute approximate surface area is 121 Å². The maximum Gasteiger partial charge on any atom is 0.308 e. The van der Waals surface area contributed by atoms with Crippen molar-refractivity contribution in [3.63, 3.8) is 0 Å². The first-order chi connectivity index (χ1) is 9.37. The molecule has 4 nitrogen and oxygen atoms in total. The van der Waals surface area contributed by atoms with Crippen LogP contribution in [0.1, 0.15) is 58.8 Å². The Balaban J connectivity index is 1.81. The first kappa shape index (κ1) is 15.3. The van der Waals surface area contributed by atoms with Gasteiger partial charge in [0.2, 0.25) is 5.91 Å². The molecule has 1 amide bonds. The molecule has 0 aromatic heterocycles. The number of hydrogen-bond donors (Lipinski definition) is 1. The van der Waals surface area contributed by atoms with Gasteiger partial charge in [-0.2, -0.15) is 0 Å². The third kappa shape index (κ3) is 3.97. The fourth-order valence-corrected chi connectivity index (χ4v) is 3.44. The zero-order valence-corrected chi connectivity index (χ0v) is 12.7. The highest BCUT2D eigenvalue weighted by molar-refractivity contribution is 5.78. The molecule has 2 rings (SSSR count). The molecule has 1 saturated carbocycles. The molecule has 2 aliphatic rings. The number of amides is 1. The van der Waals surface area contributed by atoms with Crippen LogP contribution in [-0.2, 0) is 9.59 Å². The van der Waals surface area contributed by atoms with Gasteiger partial charge in [-0.05, 0) is 49.9 Å². The molecule has 4 heteroatoms. The zero-order valence-electron chi connectivity index (χ0n) is 12.7. The molecule has 0 spiro atoms. The maximum atomic E-state index is 12.3. The first-order valence-corrected chi connectivity index (χ1v) is 7.88. The van der Waals surface area contributed by atoms with Gasteiger partial charge in [-0.25, -0.2) is 0 Å². The van der Waals surface area contributed by atoms with Crippen molar-refractivity contribution in [2.75, 3.05) is 13.1 Å². The standard InChI is InChI=1S/C16H27NO3/c1-16(2)7-5-12(6-8-16)10-14(18)17-9-3-4-13(11-17)15(19)20/h12-13H,3-11H2,1-2H3,(H,19,20)/t13-/m0/s1. The van der Waals surface area contributed by atoms with Gasteiger partial charge >= 0.3 is 5.97 Å². The second-order valence-corrected chi connectivity index (χ2v) is 7.33. The SMILES string of the molecule is CC1(C)CCC(CC(=O)N2CCC[C@H](C(=O)O)C2)CC1. The molecule has 1 atom stereocenters. The lowest BCUT2D eigenvalue weighted by molar-refractivity contribution is -0.146. The lowest BCUT2D eigenvalue weighted by atomic mass is 9.72. The fourth-order valence-electron chi connectivity index (χ4n) is 3.44. The molecule has 114 valence electrons. The van der Waals surface area contributed by atoms with Gasteiger partial charge in [-0.15, -0.1) is 0 Å². The molecule has 0 bridgehead atoms. The highest BCUT2D eigenvalue weighted by Gasteiger charge is 2.31. The Morgan fingerprint density at radius 3 is 2.45 bits per heavy atom. The minimum absolute atomic E-state index is 0.167. The van der Waals surface area contributed by atoms with Gasteiger partial charge in [0.05, 0.1) is 5.92 Å². The summed E-state index contributed by atoms with van der Waals surface area (Å²) in [6, 6.07) is 0. The van der Waals surface area contributed by atoms with E-state index in [1.807, 2.05) is 0 Å². The van der Waals surface area contributed by atoms with Crippen LogP contribution >= 0.6 is 0 Å². The Bertz CT molecular complexity index is 368. The van der Waals surface area contributed by atoms with Crippen molar-refractivity contribution in [2.45, 2.75) is 58.8 Å². The Morgan fingerprint density at radius 1 is 1.20 bits per heavy atom. The lowest BCUT2D eigenvalue weighted by Crippen LogP contribution is -2.43. The van der Waals surface area contributed by atoms with E-state index in [1.54, 1.807) is 4.90 Å². The van der Waals surface area contributed by atoms with E-state index in [0.29, 0.717) is 30.7 Å². The molecule has 0 aromatic carbocycles. The predicted molar refractivity (Wildman–Crippen MR) is 77.3 cm³/mol. The van der Waals surface area contributed by atoms with Gasteiger partial charge < -0.3 is 10.0 Å². The Morgan fingerprint density at radius 2 is 1.85 bits per heavy atom. The van der Waals surface area contributed by atoms with Crippen LogP contribution in [0.15, 0.2) is 0 Å². The van der Waals surface area contributed by atoms with E-state index in [4.69, 9.17) is 5.11 Å². The predicted octanol–water partition coefficient (Wildman–Crippen LogP) is 2.92. The number of carbonyl (C=O) groups is 2. The maximum absolute atomic E-state index is 12.3. The molecule has 2 fully saturated rings. The van der Waals surface area contributed by atoms with Gasteiger partial charge in [0, 0.05) is 19.5 Å². The van der Waals surface area contributed by atoms with E-state index < -0.39 is 5.97 Å². The Kier molecular flexibility index (Phi) is 4.71. The summed E-state index contributed by atoms with van der Waals surface area (Å²) in [6.07, 6.45) is 6.80. The van der Waals surface area contributed by atoms with Gasteiger partial charge in [-0.3, -0.25) is 9.59 Å². The van der Waals surface area contributed by atoms with Crippen LogP contribution in [0.3, 0.4) is 0 Å². The summed E-state index contributed by atoms with van der Waals surface area (Å²) in [5.74, 6) is -0.457. The smallest absolute Gasteiger partial charge is 0.308 e. The molecule has 1 aliphatic carbocycles. The molecular weight excluding hydrogens is 254 g/mol. The first-order valence-electron chi connectivity index (χ1n) is 7.88.